The Morgan fingerprint density at radius 1 is 0.724 bits per heavy atom. The summed E-state index contributed by atoms with van der Waals surface area (Å²) in [6, 6.07) is -2.19. The summed E-state index contributed by atoms with van der Waals surface area (Å²) in [5.41, 5.74) is -3.55. The maximum atomic E-state index is 14.4. The molecule has 3 fully saturated rings. The minimum absolute atomic E-state index is 0.145. The summed E-state index contributed by atoms with van der Waals surface area (Å²) in [5.74, 6) is -1.32. The molecule has 3 saturated heterocycles. The lowest BCUT2D eigenvalue weighted by molar-refractivity contribution is -0.115. The minimum atomic E-state index is -4.90. The van der Waals surface area contributed by atoms with E-state index in [1.165, 1.54) is 0 Å². The summed E-state index contributed by atoms with van der Waals surface area (Å²) in [6.07, 6.45) is 2.09. The van der Waals surface area contributed by atoms with E-state index >= 15 is 0 Å². The van der Waals surface area contributed by atoms with Gasteiger partial charge in [-0.25, -0.2) is 9.13 Å². The standard InChI is InChI=1S/C36H68B3O15P3S/c1-9-16-24(11-3)36(15-7,26-19-32(38)49-28(26)21-34(12-4,13-5)52-55(41,42)46-8)54-56(43,44)47-22-29-25(18-31(37)50-29)35(14-6,17-10-2)53-57(45,58)48-23-30-27(40)20-33(39)51-30/h24-33,40H,9-23H2,1-8H3,(H,41,42)(H,43,44)(H,45,58). The number of phosphoric ester groups is 2. The number of aliphatic hydroxyl groups excluding tert-OH is 1. The number of rotatable bonds is 27. The monoisotopic (exact) mass is 898 g/mol. The van der Waals surface area contributed by atoms with Crippen LogP contribution in [0.15, 0.2) is 0 Å². The Kier molecular flexibility index (Phi) is 20.7. The summed E-state index contributed by atoms with van der Waals surface area (Å²) in [6.45, 7) is 8.82. The van der Waals surface area contributed by atoms with Gasteiger partial charge in [-0.2, -0.15) is 0 Å². The molecule has 0 saturated carbocycles. The Balaban J connectivity index is 1.92. The zero-order valence-corrected chi connectivity index (χ0v) is 39.1. The van der Waals surface area contributed by atoms with Crippen LogP contribution in [0.2, 0.25) is 0 Å². The molecule has 15 unspecified atom stereocenters. The minimum Gasteiger partial charge on any atom is -0.390 e. The lowest BCUT2D eigenvalue weighted by Gasteiger charge is -2.47. The van der Waals surface area contributed by atoms with E-state index in [0.29, 0.717) is 51.4 Å². The van der Waals surface area contributed by atoms with Gasteiger partial charge in [0.25, 0.3) is 0 Å². The topological polar surface area (TPSA) is 198 Å². The van der Waals surface area contributed by atoms with Gasteiger partial charge in [0.15, 0.2) is 0 Å². The van der Waals surface area contributed by atoms with Crippen molar-refractivity contribution in [3.63, 3.8) is 0 Å². The van der Waals surface area contributed by atoms with Crippen LogP contribution in [-0.2, 0) is 62.3 Å². The number of hydrogen-bond acceptors (Lipinski definition) is 13. The molecule has 0 spiro atoms. The highest BCUT2D eigenvalue weighted by molar-refractivity contribution is 8.07. The third-order valence-corrected chi connectivity index (χ3v) is 16.3. The van der Waals surface area contributed by atoms with Gasteiger partial charge in [0, 0.05) is 43.4 Å². The van der Waals surface area contributed by atoms with Gasteiger partial charge < -0.3 is 43.0 Å². The van der Waals surface area contributed by atoms with E-state index in [1.54, 1.807) is 0 Å². The van der Waals surface area contributed by atoms with E-state index in [4.69, 9.17) is 76.7 Å². The van der Waals surface area contributed by atoms with E-state index < -0.39 is 100 Å². The van der Waals surface area contributed by atoms with Gasteiger partial charge in [0.2, 0.25) is 0 Å². The van der Waals surface area contributed by atoms with Gasteiger partial charge in [0.1, 0.15) is 29.6 Å². The van der Waals surface area contributed by atoms with Crippen molar-refractivity contribution >= 4 is 57.7 Å². The molecular formula is C36H68B3O15P3S. The molecule has 6 radical (unpaired) electrons. The maximum Gasteiger partial charge on any atom is 0.472 e. The summed E-state index contributed by atoms with van der Waals surface area (Å²) in [4.78, 5) is 33.4. The fourth-order valence-corrected chi connectivity index (χ4v) is 13.5. The predicted molar refractivity (Wildman–Crippen MR) is 226 cm³/mol. The fourth-order valence-electron chi connectivity index (χ4n) is 9.49. The average Bonchev–Trinajstić information content (AvgIpc) is 3.84. The Labute approximate surface area is 356 Å². The Morgan fingerprint density at radius 2 is 1.29 bits per heavy atom. The van der Waals surface area contributed by atoms with Gasteiger partial charge >= 0.3 is 22.4 Å². The highest BCUT2D eigenvalue weighted by Gasteiger charge is 2.57. The van der Waals surface area contributed by atoms with Crippen LogP contribution in [0, 0.1) is 17.8 Å². The SMILES string of the molecule is [B]C1CC(O)C(COP(O)(=S)OC(CC)(CCC)C2CC([B])OC2COP(=O)(O)OC(CC)(C(CC)CCC)C2CC([B])OC2CC(CC)(CC)OP(=O)(O)OC)O1. The van der Waals surface area contributed by atoms with Gasteiger partial charge in [-0.1, -0.05) is 67.7 Å². The Hall–Kier alpha value is 0.785. The quantitative estimate of drug-likeness (QED) is 0.0518. The second kappa shape index (κ2) is 22.6. The highest BCUT2D eigenvalue weighted by atomic mass is 32.5. The van der Waals surface area contributed by atoms with E-state index in [9.17, 15) is 28.9 Å². The highest BCUT2D eigenvalue weighted by Crippen LogP contribution is 2.60. The molecule has 4 N–H and O–H groups in total. The van der Waals surface area contributed by atoms with Crippen LogP contribution < -0.4 is 0 Å². The molecule has 15 nitrogen and oxygen atoms in total. The van der Waals surface area contributed by atoms with Crippen LogP contribution in [-0.4, -0.2) is 123 Å². The zero-order chi connectivity index (χ0) is 43.7. The summed E-state index contributed by atoms with van der Waals surface area (Å²) in [5, 5.41) is 10.3. The first-order valence-corrected chi connectivity index (χ1v) is 26.5. The molecule has 0 aromatic rings. The molecule has 58 heavy (non-hydrogen) atoms. The molecule has 15 atom stereocenters. The number of ether oxygens (including phenoxy) is 3. The Morgan fingerprint density at radius 3 is 1.79 bits per heavy atom. The lowest BCUT2D eigenvalue weighted by Crippen LogP contribution is -2.51. The van der Waals surface area contributed by atoms with Crippen LogP contribution in [0.4, 0.5) is 0 Å². The molecule has 3 aliphatic rings. The molecule has 0 aromatic carbocycles. The lowest BCUT2D eigenvalue weighted by atomic mass is 9.67. The van der Waals surface area contributed by atoms with Crippen molar-refractivity contribution in [1.82, 2.24) is 0 Å². The van der Waals surface area contributed by atoms with Crippen LogP contribution in [0.5, 0.6) is 0 Å². The molecular weight excluding hydrogens is 830 g/mol. The van der Waals surface area contributed by atoms with Crippen molar-refractivity contribution in [2.45, 2.75) is 191 Å². The Bertz CT molecular complexity index is 1420. The van der Waals surface area contributed by atoms with Crippen LogP contribution in [0.25, 0.3) is 0 Å². The normalized spacial score (nSPS) is 33.8. The second-order valence-corrected chi connectivity index (χ2v) is 21.7. The van der Waals surface area contributed by atoms with Crippen molar-refractivity contribution in [2.75, 3.05) is 20.3 Å². The molecule has 3 rings (SSSR count). The smallest absolute Gasteiger partial charge is 0.390 e. The molecule has 22 heteroatoms. The van der Waals surface area contributed by atoms with Crippen molar-refractivity contribution in [1.29, 1.82) is 0 Å². The molecule has 0 aliphatic carbocycles. The zero-order valence-electron chi connectivity index (χ0n) is 35.6. The summed E-state index contributed by atoms with van der Waals surface area (Å²) < 4.78 is 79.8. The van der Waals surface area contributed by atoms with Crippen molar-refractivity contribution in [2.24, 2.45) is 17.8 Å². The summed E-state index contributed by atoms with van der Waals surface area (Å²) >= 11 is 5.47. The molecule has 0 aromatic heterocycles. The van der Waals surface area contributed by atoms with Gasteiger partial charge in [-0.15, -0.1) is 0 Å². The first-order valence-electron chi connectivity index (χ1n) is 20.9. The summed E-state index contributed by atoms with van der Waals surface area (Å²) in [7, 11) is 10.4. The maximum absolute atomic E-state index is 14.4. The molecule has 3 aliphatic heterocycles. The van der Waals surface area contributed by atoms with E-state index in [-0.39, 0.29) is 38.2 Å². The second-order valence-electron chi connectivity index (χ2n) is 16.0. The third-order valence-electron chi connectivity index (χ3n) is 12.6. The van der Waals surface area contributed by atoms with Crippen LogP contribution in [0.3, 0.4) is 0 Å². The number of hydrogen-bond donors (Lipinski definition) is 4. The number of phosphoric acid groups is 2. The largest absolute Gasteiger partial charge is 0.472 e. The number of aliphatic hydroxyl groups is 1. The van der Waals surface area contributed by atoms with E-state index in [0.717, 1.165) is 13.5 Å². The molecule has 332 valence electrons. The van der Waals surface area contributed by atoms with Gasteiger partial charge in [-0.05, 0) is 75.5 Å². The average molecular weight is 898 g/mol. The van der Waals surface area contributed by atoms with Crippen molar-refractivity contribution in [3.8, 4) is 0 Å². The molecule has 3 heterocycles. The predicted octanol–water partition coefficient (Wildman–Crippen LogP) is 6.45. The molecule has 0 amide bonds. The van der Waals surface area contributed by atoms with Gasteiger partial charge in [-0.3, -0.25) is 18.1 Å². The van der Waals surface area contributed by atoms with E-state index in [2.05, 4.69) is 0 Å². The van der Waals surface area contributed by atoms with E-state index in [1.807, 2.05) is 48.5 Å². The first kappa shape index (κ1) is 53.1. The van der Waals surface area contributed by atoms with Crippen molar-refractivity contribution < 1.29 is 70.3 Å². The fraction of sp³-hybridized carbons (Fsp3) is 1.00. The molecule has 0 bridgehead atoms. The first-order chi connectivity index (χ1) is 27.1. The van der Waals surface area contributed by atoms with Gasteiger partial charge in [0.05, 0.1) is 48.3 Å². The van der Waals surface area contributed by atoms with Crippen LogP contribution in [0.1, 0.15) is 132 Å². The van der Waals surface area contributed by atoms with Crippen molar-refractivity contribution in [3.05, 3.63) is 0 Å². The van der Waals surface area contributed by atoms with Crippen LogP contribution >= 0.6 is 22.4 Å². The third kappa shape index (κ3) is 13.6.